The Labute approximate surface area is 165 Å². The fraction of sp³-hybridized carbons (Fsp3) is 0.188. The molecule has 0 aliphatic rings. The van der Waals surface area contributed by atoms with Crippen LogP contribution in [0.1, 0.15) is 5.69 Å². The van der Waals surface area contributed by atoms with E-state index >= 15 is 0 Å². The molecule has 0 saturated carbocycles. The van der Waals surface area contributed by atoms with Gasteiger partial charge in [-0.15, -0.1) is 15.3 Å². The zero-order valence-electron chi connectivity index (χ0n) is 14.7. The molecule has 0 N–H and O–H groups in total. The van der Waals surface area contributed by atoms with Crippen LogP contribution in [0.5, 0.6) is 0 Å². The Morgan fingerprint density at radius 2 is 2.07 bits per heavy atom. The summed E-state index contributed by atoms with van der Waals surface area (Å²) in [6.07, 6.45) is 1.85. The van der Waals surface area contributed by atoms with Crippen LogP contribution in [0.3, 0.4) is 0 Å². The molecule has 4 heterocycles. The average Bonchev–Trinajstić information content (AvgIpc) is 3.41. The maximum Gasteiger partial charge on any atom is 0.311 e. The van der Waals surface area contributed by atoms with Gasteiger partial charge in [0.05, 0.1) is 23.7 Å². The molecule has 28 heavy (non-hydrogen) atoms. The van der Waals surface area contributed by atoms with E-state index in [1.165, 1.54) is 30.2 Å². The van der Waals surface area contributed by atoms with Crippen molar-refractivity contribution in [2.24, 2.45) is 0 Å². The minimum Gasteiger partial charge on any atom is -0.469 e. The maximum absolute atomic E-state index is 11.9. The molecule has 0 bridgehead atoms. The molecule has 0 saturated heterocycles. The van der Waals surface area contributed by atoms with Gasteiger partial charge in [-0.25, -0.2) is 4.98 Å². The predicted molar refractivity (Wildman–Crippen MR) is 104 cm³/mol. The lowest BCUT2D eigenvalue weighted by atomic mass is 10.3. The number of nitrogens with zero attached hydrogens (tertiary/aromatic N) is 8. The molecule has 0 fully saturated rings. The van der Waals surface area contributed by atoms with Crippen molar-refractivity contribution < 1.29 is 9.53 Å². The fourth-order valence-corrected chi connectivity index (χ4v) is 4.08. The number of thioether (sulfide) groups is 1. The van der Waals surface area contributed by atoms with E-state index < -0.39 is 5.97 Å². The number of carbonyl (C=O) groups is 1. The Kier molecular flexibility index (Phi) is 3.94. The van der Waals surface area contributed by atoms with Crippen molar-refractivity contribution in [3.63, 3.8) is 0 Å². The normalized spacial score (nSPS) is 11.6. The van der Waals surface area contributed by atoms with E-state index in [9.17, 15) is 4.79 Å². The van der Waals surface area contributed by atoms with E-state index in [1.54, 1.807) is 9.20 Å². The predicted octanol–water partition coefficient (Wildman–Crippen LogP) is 1.91. The summed E-state index contributed by atoms with van der Waals surface area (Å²) >= 11 is 2.88. The van der Waals surface area contributed by atoms with Gasteiger partial charge in [0, 0.05) is 0 Å². The van der Waals surface area contributed by atoms with Gasteiger partial charge < -0.3 is 4.74 Å². The van der Waals surface area contributed by atoms with E-state index in [1.807, 2.05) is 30.5 Å². The fourth-order valence-electron chi connectivity index (χ4n) is 2.82. The van der Waals surface area contributed by atoms with Crippen LogP contribution >= 0.6 is 23.1 Å². The summed E-state index contributed by atoms with van der Waals surface area (Å²) in [5, 5.41) is 18.6. The van der Waals surface area contributed by atoms with Gasteiger partial charge in [0.15, 0.2) is 11.2 Å². The molecule has 12 heteroatoms. The number of carbonyl (C=O) groups excluding carboxylic acids is 1. The van der Waals surface area contributed by atoms with E-state index in [-0.39, 0.29) is 6.42 Å². The third-order valence-electron chi connectivity index (χ3n) is 4.10. The van der Waals surface area contributed by atoms with Crippen LogP contribution in [0.2, 0.25) is 0 Å². The van der Waals surface area contributed by atoms with Crippen molar-refractivity contribution >= 4 is 56.2 Å². The summed E-state index contributed by atoms with van der Waals surface area (Å²) in [6.45, 7) is 0. The highest BCUT2D eigenvalue weighted by molar-refractivity contribution is 7.98. The molecule has 0 spiro atoms. The molecule has 140 valence electrons. The van der Waals surface area contributed by atoms with Gasteiger partial charge in [-0.2, -0.15) is 19.3 Å². The van der Waals surface area contributed by atoms with Crippen molar-refractivity contribution in [1.82, 2.24) is 39.6 Å². The Morgan fingerprint density at radius 1 is 1.21 bits per heavy atom. The number of benzene rings is 1. The molecule has 0 aliphatic carbocycles. The second kappa shape index (κ2) is 6.49. The van der Waals surface area contributed by atoms with Crippen LogP contribution in [0, 0.1) is 0 Å². The number of fused-ring (bicyclic) bond motifs is 4. The molecular formula is C16H12N8O2S2. The molecule has 5 rings (SSSR count). The van der Waals surface area contributed by atoms with E-state index in [4.69, 9.17) is 4.74 Å². The van der Waals surface area contributed by atoms with Crippen LogP contribution in [0.25, 0.3) is 32.3 Å². The molecule has 5 aromatic rings. The molecule has 0 atom stereocenters. The lowest BCUT2D eigenvalue weighted by Crippen LogP contribution is -2.06. The first-order valence-electron chi connectivity index (χ1n) is 8.15. The number of thiazole rings is 1. The Hall–Kier alpha value is -3.12. The second-order valence-corrected chi connectivity index (χ2v) is 7.54. The first-order chi connectivity index (χ1) is 13.7. The van der Waals surface area contributed by atoms with Gasteiger partial charge in [-0.3, -0.25) is 4.79 Å². The Morgan fingerprint density at radius 3 is 2.86 bits per heavy atom. The summed E-state index contributed by atoms with van der Waals surface area (Å²) < 4.78 is 9.03. The average molecular weight is 412 g/mol. The van der Waals surface area contributed by atoms with Gasteiger partial charge in [-0.05, 0) is 18.4 Å². The summed E-state index contributed by atoms with van der Waals surface area (Å²) in [4.78, 5) is 20.9. The van der Waals surface area contributed by atoms with Gasteiger partial charge in [0.25, 0.3) is 5.78 Å². The quantitative estimate of drug-likeness (QED) is 0.322. The summed E-state index contributed by atoms with van der Waals surface area (Å²) in [5.74, 6) is -0.0649. The van der Waals surface area contributed by atoms with Gasteiger partial charge in [-0.1, -0.05) is 35.2 Å². The van der Waals surface area contributed by atoms with E-state index in [2.05, 4.69) is 30.4 Å². The molecule has 1 aromatic carbocycles. The summed E-state index contributed by atoms with van der Waals surface area (Å²) in [6, 6.07) is 7.82. The molecule has 10 nitrogen and oxygen atoms in total. The van der Waals surface area contributed by atoms with Crippen molar-refractivity contribution in [1.29, 1.82) is 0 Å². The minimum absolute atomic E-state index is 0.0326. The largest absolute Gasteiger partial charge is 0.469 e. The second-order valence-electron chi connectivity index (χ2n) is 5.76. The number of rotatable bonds is 4. The molecule has 4 aromatic heterocycles. The van der Waals surface area contributed by atoms with Crippen molar-refractivity contribution in [2.45, 2.75) is 11.6 Å². The molecule has 0 unspecified atom stereocenters. The van der Waals surface area contributed by atoms with Crippen LogP contribution in [-0.4, -0.2) is 58.9 Å². The summed E-state index contributed by atoms with van der Waals surface area (Å²) in [5.41, 5.74) is 2.31. The molecule has 0 radical (unpaired) electrons. The smallest absolute Gasteiger partial charge is 0.311 e. The molecule has 0 aliphatic heterocycles. The Balaban J connectivity index is 1.82. The number of para-hydroxylation sites is 1. The number of hydrogen-bond acceptors (Lipinski definition) is 10. The molecular weight excluding hydrogens is 400 g/mol. The minimum atomic E-state index is -0.416. The lowest BCUT2D eigenvalue weighted by molar-refractivity contribution is -0.139. The number of methoxy groups -OCH3 is 1. The first kappa shape index (κ1) is 17.0. The molecule has 0 amide bonds. The standard InChI is InChI=1S/C16H12N8O2S2/c1-26-11(25)7-9-12-13(23-14(20-19-12)18-15(22-23)27-2)24(21-9)16-17-8-5-3-4-6-10(8)28-16/h3-6H,7H2,1-2H3. The topological polar surface area (TPSA) is 113 Å². The van der Waals surface area contributed by atoms with Crippen molar-refractivity contribution in [3.8, 4) is 5.13 Å². The van der Waals surface area contributed by atoms with Crippen LogP contribution in [0.4, 0.5) is 0 Å². The van der Waals surface area contributed by atoms with Gasteiger partial charge in [0.2, 0.25) is 10.3 Å². The van der Waals surface area contributed by atoms with E-state index in [0.29, 0.717) is 32.9 Å². The van der Waals surface area contributed by atoms with E-state index in [0.717, 1.165) is 10.2 Å². The number of ether oxygens (including phenoxy) is 1. The summed E-state index contributed by atoms with van der Waals surface area (Å²) in [7, 11) is 1.33. The number of hydrogen-bond donors (Lipinski definition) is 0. The van der Waals surface area contributed by atoms with Crippen LogP contribution in [0.15, 0.2) is 29.4 Å². The highest BCUT2D eigenvalue weighted by Gasteiger charge is 2.23. The lowest BCUT2D eigenvalue weighted by Gasteiger charge is -1.98. The van der Waals surface area contributed by atoms with Gasteiger partial charge >= 0.3 is 5.97 Å². The maximum atomic E-state index is 11.9. The Bertz CT molecular complexity index is 1320. The SMILES string of the molecule is COC(=O)Cc1nn(-c2nc3ccccc3s2)c2c1nnc1nc(SC)nn12. The highest BCUT2D eigenvalue weighted by atomic mass is 32.2. The zero-order valence-corrected chi connectivity index (χ0v) is 16.4. The number of esters is 1. The zero-order chi connectivity index (χ0) is 19.3. The van der Waals surface area contributed by atoms with Crippen molar-refractivity contribution in [3.05, 3.63) is 30.0 Å². The highest BCUT2D eigenvalue weighted by Crippen LogP contribution is 2.28. The monoisotopic (exact) mass is 412 g/mol. The van der Waals surface area contributed by atoms with Crippen molar-refractivity contribution in [2.75, 3.05) is 13.4 Å². The number of aromatic nitrogens is 8. The van der Waals surface area contributed by atoms with Crippen LogP contribution < -0.4 is 0 Å². The van der Waals surface area contributed by atoms with Crippen LogP contribution in [-0.2, 0) is 16.0 Å². The third-order valence-corrected chi connectivity index (χ3v) is 5.65. The third kappa shape index (κ3) is 2.60. The van der Waals surface area contributed by atoms with Gasteiger partial charge in [0.1, 0.15) is 5.69 Å². The first-order valence-corrected chi connectivity index (χ1v) is 10.2.